The zero-order valence-electron chi connectivity index (χ0n) is 12.1. The molecule has 0 unspecified atom stereocenters. The van der Waals surface area contributed by atoms with Crippen LogP contribution in [0.2, 0.25) is 5.02 Å². The van der Waals surface area contributed by atoms with Gasteiger partial charge in [0.15, 0.2) is 10.7 Å². The lowest BCUT2D eigenvalue weighted by Gasteiger charge is -2.11. The van der Waals surface area contributed by atoms with Gasteiger partial charge in [0.05, 0.1) is 14.3 Å². The van der Waals surface area contributed by atoms with Gasteiger partial charge in [-0.3, -0.25) is 14.2 Å². The molecular formula is C16H9ClIN3O2S. The summed E-state index contributed by atoms with van der Waals surface area (Å²) >= 11 is 9.84. The fourth-order valence-electron chi connectivity index (χ4n) is 2.39. The van der Waals surface area contributed by atoms with E-state index in [-0.39, 0.29) is 12.2 Å². The maximum absolute atomic E-state index is 12.0. The molecule has 1 aromatic carbocycles. The number of rotatable bonds is 3. The Bertz CT molecular complexity index is 1130. The van der Waals surface area contributed by atoms with Crippen LogP contribution in [-0.4, -0.2) is 14.4 Å². The lowest BCUT2D eigenvalue weighted by atomic mass is 10.2. The van der Waals surface area contributed by atoms with Crippen LogP contribution in [0.3, 0.4) is 0 Å². The normalized spacial score (nSPS) is 11.2. The molecule has 0 spiro atoms. The molecule has 0 aliphatic carbocycles. The van der Waals surface area contributed by atoms with Crippen LogP contribution in [-0.2, 0) is 6.61 Å². The monoisotopic (exact) mass is 469 g/mol. The molecule has 0 saturated carbocycles. The largest absolute Gasteiger partial charge is 0.484 e. The topological polar surface area (TPSA) is 56.5 Å². The van der Waals surface area contributed by atoms with E-state index in [2.05, 4.69) is 32.6 Å². The Morgan fingerprint density at radius 1 is 1.38 bits per heavy atom. The maximum atomic E-state index is 12.0. The highest BCUT2D eigenvalue weighted by Crippen LogP contribution is 2.34. The third kappa shape index (κ3) is 2.76. The van der Waals surface area contributed by atoms with Crippen molar-refractivity contribution in [3.05, 3.63) is 66.7 Å². The number of benzene rings is 1. The summed E-state index contributed by atoms with van der Waals surface area (Å²) in [6.07, 6.45) is 3.41. The van der Waals surface area contributed by atoms with E-state index >= 15 is 0 Å². The van der Waals surface area contributed by atoms with Crippen LogP contribution in [0.4, 0.5) is 0 Å². The van der Waals surface area contributed by atoms with Crippen LogP contribution in [0.25, 0.3) is 15.9 Å². The highest BCUT2D eigenvalue weighted by Gasteiger charge is 2.13. The number of hydrogen-bond acceptors (Lipinski definition) is 5. The van der Waals surface area contributed by atoms with Crippen molar-refractivity contribution in [2.24, 2.45) is 0 Å². The highest BCUT2D eigenvalue weighted by molar-refractivity contribution is 14.1. The SMILES string of the molecule is O=c1cc(COc2c(I)cc(Cl)c3cccnc23)nc2sccn12. The zero-order chi connectivity index (χ0) is 16.7. The van der Waals surface area contributed by atoms with E-state index in [0.29, 0.717) is 26.9 Å². The van der Waals surface area contributed by atoms with Gasteiger partial charge in [-0.1, -0.05) is 11.6 Å². The molecule has 0 atom stereocenters. The molecule has 120 valence electrons. The Kier molecular flexibility index (Phi) is 4.15. The number of hydrogen-bond donors (Lipinski definition) is 0. The molecule has 0 N–H and O–H groups in total. The van der Waals surface area contributed by atoms with Crippen molar-refractivity contribution >= 4 is 61.4 Å². The summed E-state index contributed by atoms with van der Waals surface area (Å²) in [5.74, 6) is 0.642. The quantitative estimate of drug-likeness (QED) is 0.423. The molecule has 0 aliphatic rings. The first kappa shape index (κ1) is 15.8. The Morgan fingerprint density at radius 2 is 2.25 bits per heavy atom. The fraction of sp³-hybridized carbons (Fsp3) is 0.0625. The van der Waals surface area contributed by atoms with Gasteiger partial charge in [0, 0.05) is 29.2 Å². The average molecular weight is 470 g/mol. The second-order valence-electron chi connectivity index (χ2n) is 5.00. The first-order chi connectivity index (χ1) is 11.6. The van der Waals surface area contributed by atoms with Crippen LogP contribution in [0.1, 0.15) is 5.69 Å². The van der Waals surface area contributed by atoms with Gasteiger partial charge in [-0.2, -0.15) is 0 Å². The molecule has 3 aromatic heterocycles. The fourth-order valence-corrected chi connectivity index (χ4v) is 4.30. The van der Waals surface area contributed by atoms with Crippen molar-refractivity contribution in [3.63, 3.8) is 0 Å². The van der Waals surface area contributed by atoms with Crippen molar-refractivity contribution < 1.29 is 4.74 Å². The lowest BCUT2D eigenvalue weighted by molar-refractivity contribution is 0.302. The molecule has 0 saturated heterocycles. The lowest BCUT2D eigenvalue weighted by Crippen LogP contribution is -2.14. The van der Waals surface area contributed by atoms with Crippen LogP contribution in [0.15, 0.2) is 46.8 Å². The summed E-state index contributed by atoms with van der Waals surface area (Å²) in [5.41, 5.74) is 1.16. The van der Waals surface area contributed by atoms with Gasteiger partial charge in [0.25, 0.3) is 5.56 Å². The first-order valence-electron chi connectivity index (χ1n) is 6.95. The van der Waals surface area contributed by atoms with Crippen molar-refractivity contribution in [2.45, 2.75) is 6.61 Å². The zero-order valence-corrected chi connectivity index (χ0v) is 15.8. The third-order valence-electron chi connectivity index (χ3n) is 3.47. The molecule has 0 aliphatic heterocycles. The van der Waals surface area contributed by atoms with Gasteiger partial charge in [-0.05, 0) is 40.8 Å². The van der Waals surface area contributed by atoms with E-state index < -0.39 is 0 Å². The van der Waals surface area contributed by atoms with E-state index in [4.69, 9.17) is 16.3 Å². The predicted octanol–water partition coefficient (Wildman–Crippen LogP) is 4.14. The number of aromatic nitrogens is 3. The minimum absolute atomic E-state index is 0.117. The number of thiazole rings is 1. The van der Waals surface area contributed by atoms with E-state index in [1.54, 1.807) is 12.4 Å². The van der Waals surface area contributed by atoms with Crippen molar-refractivity contribution in [3.8, 4) is 5.75 Å². The molecule has 0 amide bonds. The summed E-state index contributed by atoms with van der Waals surface area (Å²) in [6.45, 7) is 0.187. The Labute approximate surface area is 159 Å². The molecule has 0 fully saturated rings. The van der Waals surface area contributed by atoms with Crippen LogP contribution < -0.4 is 10.3 Å². The molecule has 5 nitrogen and oxygen atoms in total. The summed E-state index contributed by atoms with van der Waals surface area (Å²) < 4.78 is 8.31. The smallest absolute Gasteiger partial charge is 0.258 e. The van der Waals surface area contributed by atoms with Crippen molar-refractivity contribution in [1.29, 1.82) is 0 Å². The number of fused-ring (bicyclic) bond motifs is 2. The van der Waals surface area contributed by atoms with Crippen LogP contribution >= 0.6 is 45.5 Å². The number of pyridine rings is 1. The molecule has 8 heteroatoms. The maximum Gasteiger partial charge on any atom is 0.258 e. The number of nitrogens with zero attached hydrogens (tertiary/aromatic N) is 3. The van der Waals surface area contributed by atoms with E-state index in [1.165, 1.54) is 21.8 Å². The van der Waals surface area contributed by atoms with Crippen molar-refractivity contribution in [1.82, 2.24) is 14.4 Å². The third-order valence-corrected chi connectivity index (χ3v) is 5.34. The number of ether oxygens (including phenoxy) is 1. The standard InChI is InChI=1S/C16H9ClIN3O2S/c17-11-7-12(18)15(14-10(11)2-1-3-19-14)23-8-9-6-13(22)21-4-5-24-16(21)20-9/h1-7H,8H2. The molecule has 0 radical (unpaired) electrons. The van der Waals surface area contributed by atoms with Gasteiger partial charge in [-0.25, -0.2) is 4.98 Å². The van der Waals surface area contributed by atoms with Crippen LogP contribution in [0.5, 0.6) is 5.75 Å². The average Bonchev–Trinajstić information content (AvgIpc) is 3.04. The van der Waals surface area contributed by atoms with Gasteiger partial charge in [-0.15, -0.1) is 11.3 Å². The van der Waals surface area contributed by atoms with Gasteiger partial charge < -0.3 is 4.74 Å². The van der Waals surface area contributed by atoms with Gasteiger partial charge in [0.1, 0.15) is 12.1 Å². The summed E-state index contributed by atoms with van der Waals surface area (Å²) in [4.78, 5) is 21.5. The Morgan fingerprint density at radius 3 is 3.12 bits per heavy atom. The van der Waals surface area contributed by atoms with Crippen molar-refractivity contribution in [2.75, 3.05) is 0 Å². The van der Waals surface area contributed by atoms with E-state index in [0.717, 1.165) is 8.96 Å². The predicted molar refractivity (Wildman–Crippen MR) is 103 cm³/mol. The molecule has 0 bridgehead atoms. The molecule has 4 aromatic rings. The summed E-state index contributed by atoms with van der Waals surface area (Å²) in [7, 11) is 0. The molecular weight excluding hydrogens is 461 g/mol. The molecule has 3 heterocycles. The van der Waals surface area contributed by atoms with E-state index in [9.17, 15) is 4.79 Å². The molecule has 24 heavy (non-hydrogen) atoms. The van der Waals surface area contributed by atoms with Crippen LogP contribution in [0, 0.1) is 3.57 Å². The van der Waals surface area contributed by atoms with E-state index in [1.807, 2.05) is 23.6 Å². The first-order valence-corrected chi connectivity index (χ1v) is 9.28. The second kappa shape index (κ2) is 6.30. The summed E-state index contributed by atoms with van der Waals surface area (Å²) in [6, 6.07) is 7.05. The highest BCUT2D eigenvalue weighted by atomic mass is 127. The Balaban J connectivity index is 1.73. The Hall–Kier alpha value is -1.71. The molecule has 4 rings (SSSR count). The number of halogens is 2. The minimum Gasteiger partial charge on any atom is -0.484 e. The summed E-state index contributed by atoms with van der Waals surface area (Å²) in [5, 5.41) is 3.29. The van der Waals surface area contributed by atoms with Gasteiger partial charge >= 0.3 is 0 Å². The minimum atomic E-state index is -0.117. The van der Waals surface area contributed by atoms with Gasteiger partial charge in [0.2, 0.25) is 0 Å². The second-order valence-corrected chi connectivity index (χ2v) is 7.44.